The van der Waals surface area contributed by atoms with E-state index < -0.39 is 23.7 Å². The van der Waals surface area contributed by atoms with Crippen molar-refractivity contribution >= 4 is 0 Å². The molecule has 0 saturated carbocycles. The molecule has 1 atom stereocenters. The third-order valence-corrected chi connectivity index (χ3v) is 2.78. The van der Waals surface area contributed by atoms with Crippen molar-refractivity contribution in [2.24, 2.45) is 0 Å². The maximum absolute atomic E-state index is 12.7. The Hall–Kier alpha value is -1.95. The van der Waals surface area contributed by atoms with Crippen LogP contribution in [0, 0.1) is 5.82 Å². The van der Waals surface area contributed by atoms with Gasteiger partial charge in [0.1, 0.15) is 5.82 Å². The Morgan fingerprint density at radius 2 is 1.90 bits per heavy atom. The molecule has 1 N–H and O–H groups in total. The summed E-state index contributed by atoms with van der Waals surface area (Å²) < 4.78 is 50.4. The summed E-state index contributed by atoms with van der Waals surface area (Å²) >= 11 is 0. The summed E-state index contributed by atoms with van der Waals surface area (Å²) in [5, 5.41) is 9.89. The molecule has 2 aromatic rings. The number of aliphatic hydroxyl groups is 1. The first-order valence-electron chi connectivity index (χ1n) is 5.82. The molecule has 0 aliphatic rings. The first-order valence-corrected chi connectivity index (χ1v) is 5.82. The Balaban J connectivity index is 2.15. The second-order valence-electron chi connectivity index (χ2n) is 4.32. The molecule has 6 heteroatoms. The Kier molecular flexibility index (Phi) is 4.04. The average Bonchev–Trinajstić information content (AvgIpc) is 2.38. The minimum absolute atomic E-state index is 0.0252. The van der Waals surface area contributed by atoms with Gasteiger partial charge in [-0.25, -0.2) is 4.39 Å². The Morgan fingerprint density at radius 1 is 1.15 bits per heavy atom. The number of hydrogen-bond donors (Lipinski definition) is 1. The predicted molar refractivity (Wildman–Crippen MR) is 64.3 cm³/mol. The SMILES string of the molecule is OC(Cc1cccc(C(F)(F)F)c1)c1ccc(F)cn1. The van der Waals surface area contributed by atoms with E-state index in [1.807, 2.05) is 0 Å². The summed E-state index contributed by atoms with van der Waals surface area (Å²) in [4.78, 5) is 3.70. The zero-order valence-electron chi connectivity index (χ0n) is 10.2. The quantitative estimate of drug-likeness (QED) is 0.875. The summed E-state index contributed by atoms with van der Waals surface area (Å²) in [6, 6.07) is 7.15. The minimum atomic E-state index is -4.42. The van der Waals surface area contributed by atoms with Crippen LogP contribution in [0.2, 0.25) is 0 Å². The number of aromatic nitrogens is 1. The standard InChI is InChI=1S/C14H11F4NO/c15-11-4-5-12(19-8-11)13(20)7-9-2-1-3-10(6-9)14(16,17)18/h1-6,8,13,20H,7H2. The van der Waals surface area contributed by atoms with Crippen molar-refractivity contribution in [2.45, 2.75) is 18.7 Å². The van der Waals surface area contributed by atoms with Crippen molar-refractivity contribution in [3.8, 4) is 0 Å². The number of halogens is 4. The molecule has 0 spiro atoms. The normalized spacial score (nSPS) is 13.2. The van der Waals surface area contributed by atoms with Gasteiger partial charge in [0.05, 0.1) is 23.6 Å². The lowest BCUT2D eigenvalue weighted by molar-refractivity contribution is -0.137. The van der Waals surface area contributed by atoms with E-state index in [-0.39, 0.29) is 12.1 Å². The number of alkyl halides is 3. The van der Waals surface area contributed by atoms with Gasteiger partial charge in [0.15, 0.2) is 0 Å². The van der Waals surface area contributed by atoms with Gasteiger partial charge >= 0.3 is 6.18 Å². The van der Waals surface area contributed by atoms with Gasteiger partial charge in [-0.3, -0.25) is 4.98 Å². The summed E-state index contributed by atoms with van der Waals surface area (Å²) in [6.45, 7) is 0. The molecule has 2 nitrogen and oxygen atoms in total. The lowest BCUT2D eigenvalue weighted by atomic mass is 10.0. The molecule has 1 unspecified atom stereocenters. The third-order valence-electron chi connectivity index (χ3n) is 2.78. The molecule has 1 aromatic heterocycles. The van der Waals surface area contributed by atoms with Crippen molar-refractivity contribution in [1.82, 2.24) is 4.98 Å². The molecule has 20 heavy (non-hydrogen) atoms. The van der Waals surface area contributed by atoms with Crippen LogP contribution < -0.4 is 0 Å². The van der Waals surface area contributed by atoms with Gasteiger partial charge in [-0.05, 0) is 23.8 Å². The molecule has 0 radical (unpaired) electrons. The van der Waals surface area contributed by atoms with E-state index in [4.69, 9.17) is 0 Å². The molecule has 1 aromatic carbocycles. The zero-order chi connectivity index (χ0) is 14.8. The Morgan fingerprint density at radius 3 is 2.50 bits per heavy atom. The van der Waals surface area contributed by atoms with Crippen LogP contribution in [0.1, 0.15) is 22.9 Å². The predicted octanol–water partition coefficient (Wildman–Crippen LogP) is 3.52. The number of nitrogens with zero attached hydrogens (tertiary/aromatic N) is 1. The number of rotatable bonds is 3. The molecule has 2 rings (SSSR count). The van der Waals surface area contributed by atoms with Crippen LogP contribution in [0.5, 0.6) is 0 Å². The summed E-state index contributed by atoms with van der Waals surface area (Å²) in [6.07, 6.45) is -4.58. The molecule has 0 fully saturated rings. The Bertz CT molecular complexity index is 580. The molecule has 0 aliphatic carbocycles. The summed E-state index contributed by atoms with van der Waals surface area (Å²) in [5.74, 6) is -0.542. The van der Waals surface area contributed by atoms with E-state index in [2.05, 4.69) is 4.98 Å². The molecule has 0 saturated heterocycles. The maximum atomic E-state index is 12.7. The second kappa shape index (κ2) is 5.58. The van der Waals surface area contributed by atoms with Crippen molar-refractivity contribution in [2.75, 3.05) is 0 Å². The van der Waals surface area contributed by atoms with Gasteiger partial charge in [0, 0.05) is 6.42 Å². The zero-order valence-corrected chi connectivity index (χ0v) is 10.2. The summed E-state index contributed by atoms with van der Waals surface area (Å²) in [5.41, 5.74) is -0.225. The van der Waals surface area contributed by atoms with Crippen molar-refractivity contribution in [3.63, 3.8) is 0 Å². The highest BCUT2D eigenvalue weighted by atomic mass is 19.4. The van der Waals surface area contributed by atoms with Crippen LogP contribution in [-0.2, 0) is 12.6 Å². The first kappa shape index (κ1) is 14.5. The molecular formula is C14H11F4NO. The van der Waals surface area contributed by atoms with Crippen molar-refractivity contribution < 1.29 is 22.7 Å². The molecule has 0 aliphatic heterocycles. The van der Waals surface area contributed by atoms with E-state index in [9.17, 15) is 22.7 Å². The number of hydrogen-bond acceptors (Lipinski definition) is 2. The highest BCUT2D eigenvalue weighted by Crippen LogP contribution is 2.30. The van der Waals surface area contributed by atoms with Crippen LogP contribution in [0.15, 0.2) is 42.6 Å². The topological polar surface area (TPSA) is 33.1 Å². The van der Waals surface area contributed by atoms with Gasteiger partial charge in [-0.15, -0.1) is 0 Å². The van der Waals surface area contributed by atoms with Gasteiger partial charge in [-0.1, -0.05) is 18.2 Å². The van der Waals surface area contributed by atoms with E-state index in [1.165, 1.54) is 18.2 Å². The smallest absolute Gasteiger partial charge is 0.386 e. The third kappa shape index (κ3) is 3.54. The highest BCUT2D eigenvalue weighted by molar-refractivity contribution is 5.27. The van der Waals surface area contributed by atoms with Gasteiger partial charge < -0.3 is 5.11 Å². The van der Waals surface area contributed by atoms with Crippen LogP contribution in [-0.4, -0.2) is 10.1 Å². The van der Waals surface area contributed by atoms with Gasteiger partial charge in [-0.2, -0.15) is 13.2 Å². The first-order chi connectivity index (χ1) is 9.36. The molecule has 106 valence electrons. The Labute approximate surface area is 112 Å². The lowest BCUT2D eigenvalue weighted by Crippen LogP contribution is -2.08. The fraction of sp³-hybridized carbons (Fsp3) is 0.214. The second-order valence-corrected chi connectivity index (χ2v) is 4.32. The van der Waals surface area contributed by atoms with Crippen molar-refractivity contribution in [3.05, 3.63) is 65.2 Å². The number of pyridine rings is 1. The van der Waals surface area contributed by atoms with Crippen LogP contribution in [0.25, 0.3) is 0 Å². The largest absolute Gasteiger partial charge is 0.416 e. The minimum Gasteiger partial charge on any atom is -0.386 e. The summed E-state index contributed by atoms with van der Waals surface area (Å²) in [7, 11) is 0. The highest BCUT2D eigenvalue weighted by Gasteiger charge is 2.30. The monoisotopic (exact) mass is 285 g/mol. The van der Waals surface area contributed by atoms with E-state index in [1.54, 1.807) is 0 Å². The average molecular weight is 285 g/mol. The maximum Gasteiger partial charge on any atom is 0.416 e. The van der Waals surface area contributed by atoms with Gasteiger partial charge in [0.2, 0.25) is 0 Å². The lowest BCUT2D eigenvalue weighted by Gasteiger charge is -2.12. The van der Waals surface area contributed by atoms with E-state index in [0.29, 0.717) is 5.56 Å². The molecule has 1 heterocycles. The number of aliphatic hydroxyl groups excluding tert-OH is 1. The molecular weight excluding hydrogens is 274 g/mol. The molecule has 0 bridgehead atoms. The van der Waals surface area contributed by atoms with Crippen LogP contribution in [0.3, 0.4) is 0 Å². The fourth-order valence-electron chi connectivity index (χ4n) is 1.79. The van der Waals surface area contributed by atoms with E-state index in [0.717, 1.165) is 24.4 Å². The fourth-order valence-corrected chi connectivity index (χ4v) is 1.79. The van der Waals surface area contributed by atoms with Crippen LogP contribution in [0.4, 0.5) is 17.6 Å². The van der Waals surface area contributed by atoms with Crippen molar-refractivity contribution in [1.29, 1.82) is 0 Å². The van der Waals surface area contributed by atoms with Crippen LogP contribution >= 0.6 is 0 Å². The van der Waals surface area contributed by atoms with Gasteiger partial charge in [0.25, 0.3) is 0 Å². The molecule has 0 amide bonds. The van der Waals surface area contributed by atoms with E-state index >= 15 is 0 Å². The number of benzene rings is 1.